The lowest BCUT2D eigenvalue weighted by atomic mass is 9.96. The van der Waals surface area contributed by atoms with Gasteiger partial charge in [-0.2, -0.15) is 0 Å². The van der Waals surface area contributed by atoms with E-state index in [1.165, 1.54) is 36.1 Å². The molecule has 1 aliphatic carbocycles. The maximum Gasteiger partial charge on any atom is 0.146 e. The Kier molecular flexibility index (Phi) is 5.30. The Morgan fingerprint density at radius 2 is 1.72 bits per heavy atom. The standard InChI is InChI=1S/C16H22OS/c1-13-8-10-15(11-9-13)18-12-16(17)14-6-4-2-3-5-7-14/h8-11,14H,2-7,12H2,1H3. The van der Waals surface area contributed by atoms with Gasteiger partial charge in [-0.1, -0.05) is 43.4 Å². The molecule has 0 N–H and O–H groups in total. The predicted octanol–water partition coefficient (Wildman–Crippen LogP) is 4.63. The molecule has 0 radical (unpaired) electrons. The number of benzene rings is 1. The van der Waals surface area contributed by atoms with Crippen molar-refractivity contribution >= 4 is 17.5 Å². The number of hydrogen-bond donors (Lipinski definition) is 0. The first-order valence-corrected chi connectivity index (χ1v) is 7.96. The van der Waals surface area contributed by atoms with Crippen LogP contribution in [0.5, 0.6) is 0 Å². The SMILES string of the molecule is Cc1ccc(SCC(=O)C2CCCCCC2)cc1. The van der Waals surface area contributed by atoms with Crippen LogP contribution in [-0.4, -0.2) is 11.5 Å². The molecule has 0 aromatic heterocycles. The van der Waals surface area contributed by atoms with E-state index >= 15 is 0 Å². The molecule has 98 valence electrons. The minimum absolute atomic E-state index is 0.338. The highest BCUT2D eigenvalue weighted by atomic mass is 32.2. The second-order valence-electron chi connectivity index (χ2n) is 5.26. The summed E-state index contributed by atoms with van der Waals surface area (Å²) in [4.78, 5) is 13.4. The molecule has 0 saturated heterocycles. The number of carbonyl (C=O) groups is 1. The van der Waals surface area contributed by atoms with Crippen molar-refractivity contribution in [3.8, 4) is 0 Å². The summed E-state index contributed by atoms with van der Waals surface area (Å²) in [5, 5.41) is 0. The molecule has 2 rings (SSSR count). The zero-order valence-corrected chi connectivity index (χ0v) is 12.0. The Morgan fingerprint density at radius 3 is 2.33 bits per heavy atom. The third kappa shape index (κ3) is 4.16. The Hall–Kier alpha value is -0.760. The lowest BCUT2D eigenvalue weighted by molar-refractivity contribution is -0.120. The van der Waals surface area contributed by atoms with Crippen LogP contribution in [0.3, 0.4) is 0 Å². The van der Waals surface area contributed by atoms with Gasteiger partial charge < -0.3 is 0 Å². The van der Waals surface area contributed by atoms with Crippen molar-refractivity contribution in [3.63, 3.8) is 0 Å². The summed E-state index contributed by atoms with van der Waals surface area (Å²) in [7, 11) is 0. The predicted molar refractivity (Wildman–Crippen MR) is 78.1 cm³/mol. The molecule has 1 nitrogen and oxygen atoms in total. The van der Waals surface area contributed by atoms with Gasteiger partial charge in [0, 0.05) is 10.8 Å². The number of hydrogen-bond acceptors (Lipinski definition) is 2. The van der Waals surface area contributed by atoms with Gasteiger partial charge in [-0.25, -0.2) is 0 Å². The van der Waals surface area contributed by atoms with Crippen molar-refractivity contribution in [3.05, 3.63) is 29.8 Å². The van der Waals surface area contributed by atoms with Crippen molar-refractivity contribution < 1.29 is 4.79 Å². The van der Waals surface area contributed by atoms with Crippen LogP contribution in [0.15, 0.2) is 29.2 Å². The second-order valence-corrected chi connectivity index (χ2v) is 6.31. The van der Waals surface area contributed by atoms with Gasteiger partial charge in [-0.15, -0.1) is 11.8 Å². The maximum absolute atomic E-state index is 12.2. The minimum Gasteiger partial charge on any atom is -0.298 e. The molecule has 1 aliphatic rings. The van der Waals surface area contributed by atoms with Gasteiger partial charge in [0.1, 0.15) is 5.78 Å². The molecule has 0 heterocycles. The molecule has 0 aliphatic heterocycles. The fourth-order valence-corrected chi connectivity index (χ4v) is 3.38. The molecule has 0 unspecified atom stereocenters. The average molecular weight is 262 g/mol. The van der Waals surface area contributed by atoms with E-state index in [0.29, 0.717) is 17.5 Å². The Labute approximate surface area is 114 Å². The van der Waals surface area contributed by atoms with Crippen LogP contribution in [0.4, 0.5) is 0 Å². The highest BCUT2D eigenvalue weighted by Gasteiger charge is 2.19. The van der Waals surface area contributed by atoms with E-state index < -0.39 is 0 Å². The van der Waals surface area contributed by atoms with Gasteiger partial charge in [0.05, 0.1) is 5.75 Å². The van der Waals surface area contributed by atoms with Crippen molar-refractivity contribution in [2.45, 2.75) is 50.3 Å². The van der Waals surface area contributed by atoms with Crippen molar-refractivity contribution in [1.29, 1.82) is 0 Å². The zero-order chi connectivity index (χ0) is 12.8. The normalized spacial score (nSPS) is 17.4. The van der Waals surface area contributed by atoms with Crippen LogP contribution < -0.4 is 0 Å². The molecule has 0 atom stereocenters. The third-order valence-electron chi connectivity index (χ3n) is 3.71. The average Bonchev–Trinajstić information content (AvgIpc) is 2.66. The summed E-state index contributed by atoms with van der Waals surface area (Å²) in [6, 6.07) is 8.44. The first-order chi connectivity index (χ1) is 8.75. The second kappa shape index (κ2) is 6.98. The van der Waals surface area contributed by atoms with Gasteiger partial charge in [0.25, 0.3) is 0 Å². The van der Waals surface area contributed by atoms with Crippen LogP contribution in [0, 0.1) is 12.8 Å². The lowest BCUT2D eigenvalue weighted by Crippen LogP contribution is -2.15. The summed E-state index contributed by atoms with van der Waals surface area (Å²) in [6.07, 6.45) is 7.35. The van der Waals surface area contributed by atoms with E-state index in [1.807, 2.05) is 0 Å². The Balaban J connectivity index is 1.81. The zero-order valence-electron chi connectivity index (χ0n) is 11.2. The number of carbonyl (C=O) groups excluding carboxylic acids is 1. The fraction of sp³-hybridized carbons (Fsp3) is 0.562. The molecule has 0 bridgehead atoms. The summed E-state index contributed by atoms with van der Waals surface area (Å²) >= 11 is 1.69. The van der Waals surface area contributed by atoms with Gasteiger partial charge in [-0.05, 0) is 31.9 Å². The summed E-state index contributed by atoms with van der Waals surface area (Å²) in [5.41, 5.74) is 1.27. The molecule has 0 amide bonds. The topological polar surface area (TPSA) is 17.1 Å². The van der Waals surface area contributed by atoms with Crippen LogP contribution in [-0.2, 0) is 4.79 Å². The fourth-order valence-electron chi connectivity index (χ4n) is 2.51. The molecule has 1 fully saturated rings. The van der Waals surface area contributed by atoms with Gasteiger partial charge in [0.2, 0.25) is 0 Å². The molecular weight excluding hydrogens is 240 g/mol. The number of Topliss-reactive ketones (excluding diaryl/α,β-unsaturated/α-hetero) is 1. The molecule has 1 aromatic carbocycles. The van der Waals surface area contributed by atoms with E-state index in [1.54, 1.807) is 11.8 Å². The van der Waals surface area contributed by atoms with Gasteiger partial charge in [-0.3, -0.25) is 4.79 Å². The number of thioether (sulfide) groups is 1. The quantitative estimate of drug-likeness (QED) is 0.581. The van der Waals surface area contributed by atoms with Crippen molar-refractivity contribution in [1.82, 2.24) is 0 Å². The highest BCUT2D eigenvalue weighted by molar-refractivity contribution is 8.00. The van der Waals surface area contributed by atoms with Gasteiger partial charge in [0.15, 0.2) is 0 Å². The number of rotatable bonds is 4. The molecule has 1 aromatic rings. The third-order valence-corrected chi connectivity index (χ3v) is 4.75. The van der Waals surface area contributed by atoms with Crippen LogP contribution in [0.25, 0.3) is 0 Å². The largest absolute Gasteiger partial charge is 0.298 e. The van der Waals surface area contributed by atoms with E-state index in [-0.39, 0.29) is 0 Å². The van der Waals surface area contributed by atoms with E-state index in [4.69, 9.17) is 0 Å². The first kappa shape index (κ1) is 13.7. The Morgan fingerprint density at radius 1 is 1.11 bits per heavy atom. The summed E-state index contributed by atoms with van der Waals surface area (Å²) < 4.78 is 0. The van der Waals surface area contributed by atoms with Crippen molar-refractivity contribution in [2.24, 2.45) is 5.92 Å². The van der Waals surface area contributed by atoms with Crippen molar-refractivity contribution in [2.75, 3.05) is 5.75 Å². The molecular formula is C16H22OS. The lowest BCUT2D eigenvalue weighted by Gasteiger charge is -2.12. The molecule has 18 heavy (non-hydrogen) atoms. The highest BCUT2D eigenvalue weighted by Crippen LogP contribution is 2.26. The Bertz CT molecular complexity index is 375. The van der Waals surface area contributed by atoms with E-state index in [2.05, 4.69) is 31.2 Å². The minimum atomic E-state index is 0.338. The molecule has 0 spiro atoms. The maximum atomic E-state index is 12.2. The van der Waals surface area contributed by atoms with Crippen LogP contribution in [0.1, 0.15) is 44.1 Å². The number of ketones is 1. The van der Waals surface area contributed by atoms with Crippen LogP contribution in [0.2, 0.25) is 0 Å². The van der Waals surface area contributed by atoms with Crippen LogP contribution >= 0.6 is 11.8 Å². The molecule has 2 heteroatoms. The smallest absolute Gasteiger partial charge is 0.146 e. The number of aryl methyl sites for hydroxylation is 1. The molecule has 1 saturated carbocycles. The monoisotopic (exact) mass is 262 g/mol. The first-order valence-electron chi connectivity index (χ1n) is 6.98. The van der Waals surface area contributed by atoms with E-state index in [0.717, 1.165) is 12.8 Å². The van der Waals surface area contributed by atoms with E-state index in [9.17, 15) is 4.79 Å². The van der Waals surface area contributed by atoms with Gasteiger partial charge >= 0.3 is 0 Å². The summed E-state index contributed by atoms with van der Waals surface area (Å²) in [6.45, 7) is 2.09. The summed E-state index contributed by atoms with van der Waals surface area (Å²) in [5.74, 6) is 1.45.